The van der Waals surface area contributed by atoms with Gasteiger partial charge >= 0.3 is 5.97 Å². The number of furan rings is 1. The van der Waals surface area contributed by atoms with Gasteiger partial charge in [-0.2, -0.15) is 5.10 Å². The fourth-order valence-corrected chi connectivity index (χ4v) is 1.88. The molecule has 0 bridgehead atoms. The predicted octanol–water partition coefficient (Wildman–Crippen LogP) is 2.36. The first-order chi connectivity index (χ1) is 9.99. The number of carbonyl (C=O) groups excluding carboxylic acids is 1. The highest BCUT2D eigenvalue weighted by molar-refractivity contribution is 5.99. The summed E-state index contributed by atoms with van der Waals surface area (Å²) >= 11 is 0. The molecule has 0 aliphatic rings. The van der Waals surface area contributed by atoms with Gasteiger partial charge in [0, 0.05) is 5.56 Å². The summed E-state index contributed by atoms with van der Waals surface area (Å²) in [6, 6.07) is 8.00. The number of nitrogens with one attached hydrogen (secondary N) is 1. The van der Waals surface area contributed by atoms with Crippen molar-refractivity contribution in [3.8, 4) is 0 Å². The molecule has 21 heavy (non-hydrogen) atoms. The van der Waals surface area contributed by atoms with Crippen molar-refractivity contribution in [3.05, 3.63) is 58.5 Å². The van der Waals surface area contributed by atoms with Crippen LogP contribution in [0.2, 0.25) is 0 Å². The predicted molar refractivity (Wildman–Crippen MR) is 76.6 cm³/mol. The molecule has 1 amide bonds. The molecule has 0 saturated heterocycles. The van der Waals surface area contributed by atoms with Crippen LogP contribution in [0.25, 0.3) is 0 Å². The molecule has 1 aromatic heterocycles. The third-order valence-corrected chi connectivity index (χ3v) is 2.85. The Labute approximate surface area is 121 Å². The van der Waals surface area contributed by atoms with Crippen LogP contribution in [0.15, 0.2) is 39.9 Å². The molecule has 0 fully saturated rings. The monoisotopic (exact) mass is 286 g/mol. The van der Waals surface area contributed by atoms with Gasteiger partial charge in [0.25, 0.3) is 5.91 Å². The van der Waals surface area contributed by atoms with Gasteiger partial charge in [0.05, 0.1) is 17.3 Å². The number of carbonyl (C=O) groups is 2. The van der Waals surface area contributed by atoms with Gasteiger partial charge in [-0.1, -0.05) is 18.2 Å². The van der Waals surface area contributed by atoms with Crippen molar-refractivity contribution >= 4 is 18.1 Å². The molecule has 0 saturated carbocycles. The Kier molecular flexibility index (Phi) is 4.18. The van der Waals surface area contributed by atoms with Crippen LogP contribution in [0.4, 0.5) is 0 Å². The average Bonchev–Trinajstić information content (AvgIpc) is 2.78. The second-order valence-corrected chi connectivity index (χ2v) is 4.42. The topological polar surface area (TPSA) is 91.9 Å². The molecule has 108 valence electrons. The third kappa shape index (κ3) is 3.36. The molecule has 2 rings (SSSR count). The number of rotatable bonds is 4. The lowest BCUT2D eigenvalue weighted by Crippen LogP contribution is -2.18. The number of hydrogen-bond acceptors (Lipinski definition) is 4. The normalized spacial score (nSPS) is 10.8. The van der Waals surface area contributed by atoms with Crippen LogP contribution >= 0.6 is 0 Å². The van der Waals surface area contributed by atoms with Gasteiger partial charge in [-0.25, -0.2) is 10.2 Å². The summed E-state index contributed by atoms with van der Waals surface area (Å²) in [5.74, 6) is -0.318. The maximum Gasteiger partial charge on any atom is 0.336 e. The largest absolute Gasteiger partial charge is 0.478 e. The van der Waals surface area contributed by atoms with Crippen molar-refractivity contribution in [3.63, 3.8) is 0 Å². The van der Waals surface area contributed by atoms with Crippen molar-refractivity contribution in [2.75, 3.05) is 0 Å². The smallest absolute Gasteiger partial charge is 0.336 e. The molecule has 2 aromatic rings. The lowest BCUT2D eigenvalue weighted by atomic mass is 10.1. The van der Waals surface area contributed by atoms with E-state index in [1.807, 2.05) is 0 Å². The highest BCUT2D eigenvalue weighted by atomic mass is 16.4. The number of hydrogen-bond donors (Lipinski definition) is 2. The van der Waals surface area contributed by atoms with E-state index in [-0.39, 0.29) is 5.56 Å². The van der Waals surface area contributed by atoms with E-state index in [1.165, 1.54) is 12.3 Å². The summed E-state index contributed by atoms with van der Waals surface area (Å²) < 4.78 is 5.26. The number of amides is 1. The Bertz CT molecular complexity index is 716. The zero-order chi connectivity index (χ0) is 15.4. The zero-order valence-corrected chi connectivity index (χ0v) is 11.6. The standard InChI is InChI=1S/C15H14N2O4/c1-9-7-13(10(2)21-9)14(18)17-16-8-11-5-3-4-6-12(11)15(19)20/h3-8H,1-2H3,(H,17,18)(H,19,20)/b16-8+. The van der Waals surface area contributed by atoms with Crippen molar-refractivity contribution in [2.45, 2.75) is 13.8 Å². The molecule has 0 radical (unpaired) electrons. The number of nitrogens with zero attached hydrogens (tertiary/aromatic N) is 1. The SMILES string of the molecule is Cc1cc(C(=O)N/N=C/c2ccccc2C(=O)O)c(C)o1. The molecule has 0 spiro atoms. The van der Waals surface area contributed by atoms with E-state index in [0.717, 1.165) is 0 Å². The third-order valence-electron chi connectivity index (χ3n) is 2.85. The summed E-state index contributed by atoms with van der Waals surface area (Å²) in [7, 11) is 0. The number of carboxylic acids is 1. The minimum Gasteiger partial charge on any atom is -0.478 e. The van der Waals surface area contributed by atoms with Crippen LogP contribution in [-0.4, -0.2) is 23.2 Å². The molecule has 2 N–H and O–H groups in total. The van der Waals surface area contributed by atoms with Crippen LogP contribution in [0.5, 0.6) is 0 Å². The number of carboxylic acid groups (broad SMARTS) is 1. The van der Waals surface area contributed by atoms with Crippen LogP contribution < -0.4 is 5.43 Å². The Morgan fingerprint density at radius 3 is 2.57 bits per heavy atom. The van der Waals surface area contributed by atoms with Gasteiger partial charge in [0.1, 0.15) is 11.5 Å². The maximum atomic E-state index is 11.9. The molecular formula is C15H14N2O4. The van der Waals surface area contributed by atoms with Gasteiger partial charge in [0.15, 0.2) is 0 Å². The average molecular weight is 286 g/mol. The first kappa shape index (κ1) is 14.5. The summed E-state index contributed by atoms with van der Waals surface area (Å²) in [5.41, 5.74) is 3.27. The fourth-order valence-electron chi connectivity index (χ4n) is 1.88. The van der Waals surface area contributed by atoms with Gasteiger partial charge < -0.3 is 9.52 Å². The first-order valence-electron chi connectivity index (χ1n) is 6.22. The van der Waals surface area contributed by atoms with Gasteiger partial charge in [-0.15, -0.1) is 0 Å². The Hall–Kier alpha value is -2.89. The van der Waals surface area contributed by atoms with Gasteiger partial charge in [-0.3, -0.25) is 4.79 Å². The Balaban J connectivity index is 2.11. The Morgan fingerprint density at radius 2 is 1.95 bits per heavy atom. The van der Waals surface area contributed by atoms with Crippen molar-refractivity contribution in [1.29, 1.82) is 0 Å². The molecule has 6 nitrogen and oxygen atoms in total. The van der Waals surface area contributed by atoms with Gasteiger partial charge in [-0.05, 0) is 26.0 Å². The molecule has 1 heterocycles. The highest BCUT2D eigenvalue weighted by Crippen LogP contribution is 2.13. The number of hydrazone groups is 1. The van der Waals surface area contributed by atoms with E-state index in [9.17, 15) is 9.59 Å². The summed E-state index contributed by atoms with van der Waals surface area (Å²) in [6.45, 7) is 3.43. The van der Waals surface area contributed by atoms with Crippen molar-refractivity contribution < 1.29 is 19.1 Å². The minimum absolute atomic E-state index is 0.117. The lowest BCUT2D eigenvalue weighted by molar-refractivity contribution is 0.0696. The molecular weight excluding hydrogens is 272 g/mol. The fraction of sp³-hybridized carbons (Fsp3) is 0.133. The lowest BCUT2D eigenvalue weighted by Gasteiger charge is -2.00. The Morgan fingerprint density at radius 1 is 1.24 bits per heavy atom. The van der Waals surface area contributed by atoms with E-state index in [0.29, 0.717) is 22.6 Å². The van der Waals surface area contributed by atoms with Crippen LogP contribution in [-0.2, 0) is 0 Å². The molecule has 0 unspecified atom stereocenters. The molecule has 1 aromatic carbocycles. The van der Waals surface area contributed by atoms with Crippen LogP contribution in [0.1, 0.15) is 37.8 Å². The summed E-state index contributed by atoms with van der Waals surface area (Å²) in [4.78, 5) is 22.9. The second kappa shape index (κ2) is 6.04. The first-order valence-corrected chi connectivity index (χ1v) is 6.22. The van der Waals surface area contributed by atoms with E-state index >= 15 is 0 Å². The van der Waals surface area contributed by atoms with Crippen LogP contribution in [0.3, 0.4) is 0 Å². The zero-order valence-electron chi connectivity index (χ0n) is 11.6. The number of aromatic carboxylic acids is 1. The van der Waals surface area contributed by atoms with Gasteiger partial charge in [0.2, 0.25) is 0 Å². The van der Waals surface area contributed by atoms with Crippen molar-refractivity contribution in [1.82, 2.24) is 5.43 Å². The van der Waals surface area contributed by atoms with Crippen LogP contribution in [0, 0.1) is 13.8 Å². The van der Waals surface area contributed by atoms with E-state index in [4.69, 9.17) is 9.52 Å². The summed E-state index contributed by atoms with van der Waals surface area (Å²) in [5, 5.41) is 12.8. The van der Waals surface area contributed by atoms with E-state index < -0.39 is 11.9 Å². The molecule has 0 aliphatic carbocycles. The molecule has 0 aliphatic heterocycles. The minimum atomic E-state index is -1.05. The maximum absolute atomic E-state index is 11.9. The second-order valence-electron chi connectivity index (χ2n) is 4.42. The number of aryl methyl sites for hydroxylation is 2. The quantitative estimate of drug-likeness (QED) is 0.666. The number of benzene rings is 1. The highest BCUT2D eigenvalue weighted by Gasteiger charge is 2.12. The van der Waals surface area contributed by atoms with E-state index in [1.54, 1.807) is 38.1 Å². The summed E-state index contributed by atoms with van der Waals surface area (Å²) in [6.07, 6.45) is 1.30. The molecule has 6 heteroatoms. The van der Waals surface area contributed by atoms with Crippen molar-refractivity contribution in [2.24, 2.45) is 5.10 Å². The van der Waals surface area contributed by atoms with E-state index in [2.05, 4.69) is 10.5 Å². The molecule has 0 atom stereocenters.